The van der Waals surface area contributed by atoms with Crippen molar-refractivity contribution in [3.05, 3.63) is 102 Å². The van der Waals surface area contributed by atoms with Gasteiger partial charge in [0.15, 0.2) is 0 Å². The molecule has 3 aromatic rings. The summed E-state index contributed by atoms with van der Waals surface area (Å²) in [4.78, 5) is 0. The van der Waals surface area contributed by atoms with Crippen LogP contribution in [0.4, 0.5) is 5.69 Å². The molecule has 122 valence electrons. The summed E-state index contributed by atoms with van der Waals surface area (Å²) >= 11 is 6.14. The number of nitrogen functional groups attached to an aromatic ring is 1. The minimum absolute atomic E-state index is 0. The van der Waals surface area contributed by atoms with Crippen LogP contribution < -0.4 is 5.73 Å². The number of allylic oxidation sites excluding steroid dienone is 1. The molecule has 0 bridgehead atoms. The molecule has 25 heavy (non-hydrogen) atoms. The van der Waals surface area contributed by atoms with E-state index in [9.17, 15) is 0 Å². The maximum Gasteiger partial charge on any atom is 0.0314 e. The van der Waals surface area contributed by atoms with Crippen molar-refractivity contribution >= 4 is 28.4 Å². The van der Waals surface area contributed by atoms with Crippen molar-refractivity contribution in [2.75, 3.05) is 11.6 Å². The Morgan fingerprint density at radius 2 is 1.16 bits per heavy atom. The number of benzene rings is 3. The molecule has 0 saturated carbocycles. The summed E-state index contributed by atoms with van der Waals surface area (Å²) in [6.45, 7) is 0. The van der Waals surface area contributed by atoms with E-state index in [4.69, 9.17) is 17.3 Å². The van der Waals surface area contributed by atoms with Crippen molar-refractivity contribution in [3.8, 4) is 0 Å². The van der Waals surface area contributed by atoms with E-state index in [1.807, 2.05) is 24.3 Å². The minimum atomic E-state index is 0. The second kappa shape index (κ2) is 9.56. The summed E-state index contributed by atoms with van der Waals surface area (Å²) in [5, 5.41) is 0. The Kier molecular flexibility index (Phi) is 7.43. The zero-order chi connectivity index (χ0) is 16.8. The van der Waals surface area contributed by atoms with E-state index >= 15 is 0 Å². The number of hydrogen-bond acceptors (Lipinski definition) is 1. The van der Waals surface area contributed by atoms with Gasteiger partial charge in [0.2, 0.25) is 0 Å². The van der Waals surface area contributed by atoms with Gasteiger partial charge in [-0.25, -0.2) is 0 Å². The molecule has 0 heterocycles. The van der Waals surface area contributed by atoms with Crippen LogP contribution in [0.3, 0.4) is 0 Å². The first-order chi connectivity index (χ1) is 11.8. The van der Waals surface area contributed by atoms with Gasteiger partial charge in [0, 0.05) is 31.0 Å². The quantitative estimate of drug-likeness (QED) is 0.248. The fourth-order valence-corrected chi connectivity index (χ4v) is 3.11. The Bertz CT molecular complexity index is 812. The Hall–Kier alpha value is -1.89. The summed E-state index contributed by atoms with van der Waals surface area (Å²) < 4.78 is 0. The van der Waals surface area contributed by atoms with Crippen LogP contribution in [-0.2, 0) is 19.5 Å². The van der Waals surface area contributed by atoms with E-state index in [0.717, 1.165) is 17.7 Å². The van der Waals surface area contributed by atoms with Gasteiger partial charge in [-0.2, -0.15) is 0 Å². The molecule has 0 aliphatic carbocycles. The standard InChI is InChI=1S/C22H20ClN.Zn/c23-16-15-21(17-7-3-1-4-8-17)22(18-9-5-2-6-10-18)19-11-13-20(24)14-12-19;/h1-14H,15-16,24H2;. The third-order valence-corrected chi connectivity index (χ3v) is 4.22. The Morgan fingerprint density at radius 3 is 1.68 bits per heavy atom. The number of nitrogens with two attached hydrogens (primary N) is 1. The van der Waals surface area contributed by atoms with Gasteiger partial charge >= 0.3 is 0 Å². The molecule has 0 aliphatic rings. The molecule has 0 atom stereocenters. The largest absolute Gasteiger partial charge is 0.399 e. The predicted octanol–water partition coefficient (Wildman–Crippen LogP) is 5.85. The molecule has 1 nitrogen and oxygen atoms in total. The number of hydrogen-bond donors (Lipinski definition) is 1. The third kappa shape index (κ3) is 4.81. The summed E-state index contributed by atoms with van der Waals surface area (Å²) in [6.07, 6.45) is 0.806. The van der Waals surface area contributed by atoms with Gasteiger partial charge in [0.1, 0.15) is 0 Å². The zero-order valence-electron chi connectivity index (χ0n) is 14.2. The molecule has 0 radical (unpaired) electrons. The number of anilines is 1. The topological polar surface area (TPSA) is 26.0 Å². The van der Waals surface area contributed by atoms with Gasteiger partial charge in [0.25, 0.3) is 0 Å². The fraction of sp³-hybridized carbons (Fsp3) is 0.0909. The maximum absolute atomic E-state index is 6.14. The summed E-state index contributed by atoms with van der Waals surface area (Å²) in [5.74, 6) is 0.579. The first kappa shape index (κ1) is 19.4. The van der Waals surface area contributed by atoms with E-state index in [2.05, 4.69) is 60.7 Å². The van der Waals surface area contributed by atoms with Crippen molar-refractivity contribution in [2.45, 2.75) is 6.42 Å². The first-order valence-electron chi connectivity index (χ1n) is 8.05. The van der Waals surface area contributed by atoms with Crippen LogP contribution in [0.2, 0.25) is 0 Å². The van der Waals surface area contributed by atoms with Crippen molar-refractivity contribution in [1.29, 1.82) is 0 Å². The Balaban J connectivity index is 0.00000225. The van der Waals surface area contributed by atoms with Crippen molar-refractivity contribution in [1.82, 2.24) is 0 Å². The molecule has 3 rings (SSSR count). The number of alkyl halides is 1. The second-order valence-corrected chi connectivity index (χ2v) is 6.02. The first-order valence-corrected chi connectivity index (χ1v) is 8.59. The van der Waals surface area contributed by atoms with Gasteiger partial charge in [-0.05, 0) is 46.4 Å². The number of halogens is 1. The third-order valence-electron chi connectivity index (χ3n) is 4.03. The van der Waals surface area contributed by atoms with Crippen molar-refractivity contribution in [2.24, 2.45) is 0 Å². The fourth-order valence-electron chi connectivity index (χ4n) is 2.92. The van der Waals surface area contributed by atoms with Crippen LogP contribution >= 0.6 is 11.6 Å². The summed E-state index contributed by atoms with van der Waals surface area (Å²) in [5.41, 5.74) is 12.6. The van der Waals surface area contributed by atoms with Gasteiger partial charge in [-0.3, -0.25) is 0 Å². The second-order valence-electron chi connectivity index (χ2n) is 5.65. The molecule has 0 spiro atoms. The average Bonchev–Trinajstić information content (AvgIpc) is 2.64. The van der Waals surface area contributed by atoms with Crippen molar-refractivity contribution in [3.63, 3.8) is 0 Å². The average molecular weight is 399 g/mol. The van der Waals surface area contributed by atoms with Crippen LogP contribution in [0.1, 0.15) is 23.1 Å². The van der Waals surface area contributed by atoms with Gasteiger partial charge in [-0.15, -0.1) is 11.6 Å². The van der Waals surface area contributed by atoms with Crippen LogP contribution in [0.5, 0.6) is 0 Å². The molecule has 0 saturated heterocycles. The molecular weight excluding hydrogens is 379 g/mol. The van der Waals surface area contributed by atoms with Gasteiger partial charge in [-0.1, -0.05) is 72.8 Å². The van der Waals surface area contributed by atoms with Crippen LogP contribution in [-0.4, -0.2) is 5.88 Å². The molecule has 0 aliphatic heterocycles. The predicted molar refractivity (Wildman–Crippen MR) is 105 cm³/mol. The normalized spacial score (nSPS) is 11.4. The molecule has 0 unspecified atom stereocenters. The van der Waals surface area contributed by atoms with Gasteiger partial charge in [0.05, 0.1) is 0 Å². The zero-order valence-corrected chi connectivity index (χ0v) is 17.9. The number of rotatable bonds is 5. The maximum atomic E-state index is 6.14. The molecule has 0 aromatic heterocycles. The van der Waals surface area contributed by atoms with Crippen LogP contribution in [0.15, 0.2) is 84.9 Å². The molecule has 2 N–H and O–H groups in total. The summed E-state index contributed by atoms with van der Waals surface area (Å²) in [6, 6.07) is 28.9. The smallest absolute Gasteiger partial charge is 0.0314 e. The van der Waals surface area contributed by atoms with E-state index in [1.165, 1.54) is 22.3 Å². The minimum Gasteiger partial charge on any atom is -0.399 e. The molecule has 3 heteroatoms. The van der Waals surface area contributed by atoms with E-state index < -0.39 is 0 Å². The van der Waals surface area contributed by atoms with E-state index in [1.54, 1.807) is 0 Å². The Morgan fingerprint density at radius 1 is 0.680 bits per heavy atom. The monoisotopic (exact) mass is 397 g/mol. The van der Waals surface area contributed by atoms with E-state index in [-0.39, 0.29) is 19.5 Å². The van der Waals surface area contributed by atoms with Crippen molar-refractivity contribution < 1.29 is 19.5 Å². The Labute approximate surface area is 167 Å². The SMILES string of the molecule is Nc1ccc(C(=C(CCCl)c2ccccc2)c2ccccc2)cc1.[Zn]. The summed E-state index contributed by atoms with van der Waals surface area (Å²) in [7, 11) is 0. The molecule has 0 fully saturated rings. The molecule has 0 amide bonds. The van der Waals surface area contributed by atoms with E-state index in [0.29, 0.717) is 5.88 Å². The van der Waals surface area contributed by atoms with Crippen LogP contribution in [0.25, 0.3) is 11.1 Å². The molecule has 3 aromatic carbocycles. The van der Waals surface area contributed by atoms with Crippen LogP contribution in [0, 0.1) is 0 Å². The van der Waals surface area contributed by atoms with Gasteiger partial charge < -0.3 is 5.73 Å². The molecular formula is C22H20ClNZn.